The van der Waals surface area contributed by atoms with Gasteiger partial charge in [-0.3, -0.25) is 19.1 Å². The summed E-state index contributed by atoms with van der Waals surface area (Å²) in [6.45, 7) is 2.16. The summed E-state index contributed by atoms with van der Waals surface area (Å²) in [5.74, 6) is -0.410. The molecule has 0 bridgehead atoms. The second kappa shape index (κ2) is 9.10. The highest BCUT2D eigenvalue weighted by Crippen LogP contribution is 2.20. The number of hydrogen-bond acceptors (Lipinski definition) is 6. The topological polar surface area (TPSA) is 137 Å². The first-order valence-electron chi connectivity index (χ1n) is 8.61. The van der Waals surface area contributed by atoms with Gasteiger partial charge in [0.25, 0.3) is 5.56 Å². The number of nitrogens with one attached hydrogen (secondary N) is 2. The Labute approximate surface area is 166 Å². The number of nitriles is 1. The van der Waals surface area contributed by atoms with Crippen LogP contribution in [0.3, 0.4) is 0 Å². The molecule has 28 heavy (non-hydrogen) atoms. The summed E-state index contributed by atoms with van der Waals surface area (Å²) in [4.78, 5) is 40.1. The van der Waals surface area contributed by atoms with E-state index in [0.29, 0.717) is 17.8 Å². The van der Waals surface area contributed by atoms with Crippen molar-refractivity contribution < 1.29 is 4.79 Å². The van der Waals surface area contributed by atoms with Crippen LogP contribution in [0.25, 0.3) is 0 Å². The van der Waals surface area contributed by atoms with E-state index in [9.17, 15) is 14.4 Å². The van der Waals surface area contributed by atoms with Gasteiger partial charge >= 0.3 is 5.69 Å². The van der Waals surface area contributed by atoms with Crippen LogP contribution in [0.15, 0.2) is 27.8 Å². The van der Waals surface area contributed by atoms with Crippen molar-refractivity contribution in [3.63, 3.8) is 0 Å². The molecule has 4 N–H and O–H groups in total. The van der Waals surface area contributed by atoms with Gasteiger partial charge in [-0.25, -0.2) is 4.79 Å². The quantitative estimate of drug-likeness (QED) is 0.639. The largest absolute Gasteiger partial charge is 0.383 e. The molecule has 0 spiro atoms. The summed E-state index contributed by atoms with van der Waals surface area (Å²) in [6.07, 6.45) is 1.57. The fraction of sp³-hybridized carbons (Fsp3) is 0.333. The number of unbranched alkanes of at least 4 members (excludes halogenated alkanes) is 1. The van der Waals surface area contributed by atoms with Crippen molar-refractivity contribution in [2.75, 3.05) is 29.5 Å². The monoisotopic (exact) mass is 404 g/mol. The minimum absolute atomic E-state index is 0.0129. The van der Waals surface area contributed by atoms with Crippen molar-refractivity contribution in [3.05, 3.63) is 49.6 Å². The van der Waals surface area contributed by atoms with Gasteiger partial charge < -0.3 is 16.0 Å². The maximum atomic E-state index is 12.3. The lowest BCUT2D eigenvalue weighted by atomic mass is 10.2. The van der Waals surface area contributed by atoms with E-state index in [1.807, 2.05) is 13.0 Å². The lowest BCUT2D eigenvalue weighted by Crippen LogP contribution is -2.39. The van der Waals surface area contributed by atoms with Gasteiger partial charge in [-0.05, 0) is 24.6 Å². The number of hydrogen-bond donors (Lipinski definition) is 3. The number of anilines is 3. The van der Waals surface area contributed by atoms with Crippen LogP contribution >= 0.6 is 11.6 Å². The SMILES string of the molecule is CCCCn1c(N)c(N(C)CC(=O)Nc2ccc(C#N)c(Cl)c2)c(=O)[nH]c1=O. The standard InChI is InChI=1S/C18H21ClN6O3/c1-3-4-7-25-16(21)15(17(27)23-18(25)28)24(2)10-14(26)22-12-6-5-11(9-20)13(19)8-12/h5-6,8H,3-4,7,10,21H2,1-2H3,(H,22,26)(H,23,27,28). The number of aromatic amines is 1. The Morgan fingerprint density at radius 3 is 2.75 bits per heavy atom. The Bertz CT molecular complexity index is 1040. The molecule has 9 nitrogen and oxygen atoms in total. The second-order valence-corrected chi connectivity index (χ2v) is 6.62. The third kappa shape index (κ3) is 4.72. The number of rotatable bonds is 7. The average Bonchev–Trinajstić information content (AvgIpc) is 2.61. The van der Waals surface area contributed by atoms with Crippen LogP contribution in [-0.2, 0) is 11.3 Å². The smallest absolute Gasteiger partial charge is 0.330 e. The van der Waals surface area contributed by atoms with Gasteiger partial charge in [0.2, 0.25) is 5.91 Å². The third-order valence-corrected chi connectivity index (χ3v) is 4.40. The van der Waals surface area contributed by atoms with Gasteiger partial charge in [0, 0.05) is 19.3 Å². The van der Waals surface area contributed by atoms with Crippen LogP contribution in [0, 0.1) is 11.3 Å². The first kappa shape index (κ1) is 21.1. The van der Waals surface area contributed by atoms with E-state index < -0.39 is 17.2 Å². The van der Waals surface area contributed by atoms with Gasteiger partial charge in [-0.2, -0.15) is 5.26 Å². The number of halogens is 1. The second-order valence-electron chi connectivity index (χ2n) is 6.21. The summed E-state index contributed by atoms with van der Waals surface area (Å²) in [5, 5.41) is 11.7. The Balaban J connectivity index is 2.20. The molecule has 0 aliphatic heterocycles. The number of nitrogen functional groups attached to an aromatic ring is 1. The number of likely N-dealkylation sites (N-methyl/N-ethyl adjacent to an activating group) is 1. The molecular weight excluding hydrogens is 384 g/mol. The average molecular weight is 405 g/mol. The van der Waals surface area contributed by atoms with Crippen molar-refractivity contribution in [1.29, 1.82) is 5.26 Å². The van der Waals surface area contributed by atoms with Crippen molar-refractivity contribution in [2.24, 2.45) is 0 Å². The van der Waals surface area contributed by atoms with Crippen LogP contribution < -0.4 is 27.2 Å². The molecule has 1 aromatic heterocycles. The summed E-state index contributed by atoms with van der Waals surface area (Å²) in [5.41, 5.74) is 5.55. The van der Waals surface area contributed by atoms with Crippen LogP contribution in [0.4, 0.5) is 17.2 Å². The summed E-state index contributed by atoms with van der Waals surface area (Å²) >= 11 is 5.95. The Morgan fingerprint density at radius 2 is 2.14 bits per heavy atom. The van der Waals surface area contributed by atoms with Gasteiger partial charge in [0.1, 0.15) is 17.6 Å². The number of amides is 1. The van der Waals surface area contributed by atoms with Crippen molar-refractivity contribution in [2.45, 2.75) is 26.3 Å². The summed E-state index contributed by atoms with van der Waals surface area (Å²) < 4.78 is 1.29. The summed E-state index contributed by atoms with van der Waals surface area (Å²) in [7, 11) is 1.53. The van der Waals surface area contributed by atoms with E-state index in [4.69, 9.17) is 22.6 Å². The zero-order chi connectivity index (χ0) is 20.8. The highest BCUT2D eigenvalue weighted by Gasteiger charge is 2.18. The molecule has 1 aromatic carbocycles. The molecule has 0 atom stereocenters. The molecule has 2 rings (SSSR count). The fourth-order valence-electron chi connectivity index (χ4n) is 2.66. The lowest BCUT2D eigenvalue weighted by molar-refractivity contribution is -0.114. The number of H-pyrrole nitrogens is 1. The molecule has 0 aliphatic carbocycles. The molecule has 10 heteroatoms. The molecule has 148 valence electrons. The minimum Gasteiger partial charge on any atom is -0.383 e. The van der Waals surface area contributed by atoms with Crippen molar-refractivity contribution in [3.8, 4) is 6.07 Å². The van der Waals surface area contributed by atoms with Crippen molar-refractivity contribution in [1.82, 2.24) is 9.55 Å². The van der Waals surface area contributed by atoms with E-state index in [1.54, 1.807) is 6.07 Å². The molecule has 1 heterocycles. The fourth-order valence-corrected chi connectivity index (χ4v) is 2.89. The molecule has 0 saturated carbocycles. The number of carbonyl (C=O) groups excluding carboxylic acids is 1. The number of aromatic nitrogens is 2. The Morgan fingerprint density at radius 1 is 1.43 bits per heavy atom. The zero-order valence-corrected chi connectivity index (χ0v) is 16.3. The molecule has 0 aliphatic rings. The first-order chi connectivity index (χ1) is 13.3. The third-order valence-electron chi connectivity index (χ3n) is 4.09. The number of carbonyl (C=O) groups is 1. The van der Waals surface area contributed by atoms with Crippen molar-refractivity contribution >= 4 is 34.7 Å². The molecular formula is C18H21ClN6O3. The van der Waals surface area contributed by atoms with E-state index in [2.05, 4.69) is 10.3 Å². The maximum absolute atomic E-state index is 12.3. The molecule has 0 fully saturated rings. The highest BCUT2D eigenvalue weighted by atomic mass is 35.5. The molecule has 2 aromatic rings. The maximum Gasteiger partial charge on any atom is 0.330 e. The molecule has 0 unspecified atom stereocenters. The first-order valence-corrected chi connectivity index (χ1v) is 8.99. The number of nitrogens with two attached hydrogens (primary N) is 1. The molecule has 0 radical (unpaired) electrons. The minimum atomic E-state index is -0.660. The predicted octanol–water partition coefficient (Wildman–Crippen LogP) is 1.52. The Kier molecular flexibility index (Phi) is 6.84. The highest BCUT2D eigenvalue weighted by molar-refractivity contribution is 6.32. The van der Waals surface area contributed by atoms with E-state index in [1.165, 1.54) is 28.6 Å². The number of benzene rings is 1. The van der Waals surface area contributed by atoms with Gasteiger partial charge in [0.15, 0.2) is 0 Å². The molecule has 1 amide bonds. The van der Waals surface area contributed by atoms with Crippen LogP contribution in [0.2, 0.25) is 5.02 Å². The van der Waals surface area contributed by atoms with Gasteiger partial charge in [-0.1, -0.05) is 24.9 Å². The van der Waals surface area contributed by atoms with Crippen LogP contribution in [-0.4, -0.2) is 29.1 Å². The Hall–Kier alpha value is -3.25. The van der Waals surface area contributed by atoms with E-state index in [-0.39, 0.29) is 23.1 Å². The normalized spacial score (nSPS) is 10.4. The zero-order valence-electron chi connectivity index (χ0n) is 15.6. The van der Waals surface area contributed by atoms with Crippen LogP contribution in [0.5, 0.6) is 0 Å². The predicted molar refractivity (Wildman–Crippen MR) is 109 cm³/mol. The van der Waals surface area contributed by atoms with E-state index in [0.717, 1.165) is 12.8 Å². The number of nitrogens with zero attached hydrogens (tertiary/aromatic N) is 3. The van der Waals surface area contributed by atoms with E-state index >= 15 is 0 Å². The summed E-state index contributed by atoms with van der Waals surface area (Å²) in [6, 6.07) is 6.44. The van der Waals surface area contributed by atoms with Gasteiger partial charge in [-0.15, -0.1) is 0 Å². The van der Waals surface area contributed by atoms with Crippen LogP contribution in [0.1, 0.15) is 25.3 Å². The lowest BCUT2D eigenvalue weighted by Gasteiger charge is -2.21. The molecule has 0 saturated heterocycles. The van der Waals surface area contributed by atoms with Gasteiger partial charge in [0.05, 0.1) is 17.1 Å².